The van der Waals surface area contributed by atoms with Crippen LogP contribution in [0.15, 0.2) is 66.7 Å². The molecule has 3 nitrogen and oxygen atoms in total. The zero-order chi connectivity index (χ0) is 17.1. The topological polar surface area (TPSA) is 49.3 Å². The molecule has 0 aromatic heterocycles. The number of anilines is 2. The lowest BCUT2D eigenvalue weighted by atomic mass is 10.1. The van der Waals surface area contributed by atoms with Gasteiger partial charge in [-0.2, -0.15) is 0 Å². The van der Waals surface area contributed by atoms with Gasteiger partial charge in [0.25, 0.3) is 0 Å². The molecule has 5 heteroatoms. The Morgan fingerprint density at radius 2 is 1.46 bits per heavy atom. The van der Waals surface area contributed by atoms with Crippen molar-refractivity contribution < 1.29 is 9.90 Å². The molecule has 0 saturated heterocycles. The smallest absolute Gasteiger partial charge is 0.337 e. The Bertz CT molecular complexity index is 872. The lowest BCUT2D eigenvalue weighted by molar-refractivity contribution is 0.0698. The van der Waals surface area contributed by atoms with Gasteiger partial charge in [0.05, 0.1) is 11.3 Å². The number of benzene rings is 3. The number of para-hydroxylation sites is 1. The molecule has 0 aliphatic carbocycles. The van der Waals surface area contributed by atoms with Gasteiger partial charge in [-0.3, -0.25) is 0 Å². The average Bonchev–Trinajstić information content (AvgIpc) is 2.55. The molecule has 120 valence electrons. The highest BCUT2D eigenvalue weighted by Crippen LogP contribution is 2.29. The van der Waals surface area contributed by atoms with Gasteiger partial charge in [-0.15, -0.1) is 0 Å². The van der Waals surface area contributed by atoms with Gasteiger partial charge in [0.2, 0.25) is 0 Å². The highest BCUT2D eigenvalue weighted by atomic mass is 35.5. The van der Waals surface area contributed by atoms with E-state index in [1.54, 1.807) is 30.3 Å². The van der Waals surface area contributed by atoms with Crippen molar-refractivity contribution in [3.05, 3.63) is 82.3 Å². The molecule has 0 saturated carbocycles. The number of nitrogens with one attached hydrogen (secondary N) is 1. The first-order chi connectivity index (χ1) is 11.5. The molecule has 3 rings (SSSR count). The molecule has 0 unspecified atom stereocenters. The summed E-state index contributed by atoms with van der Waals surface area (Å²) < 4.78 is 0. The van der Waals surface area contributed by atoms with Crippen LogP contribution in [0.25, 0.3) is 11.1 Å². The number of rotatable bonds is 4. The SMILES string of the molecule is O=C(O)c1ccccc1Nc1ccc(-c2cc(Cl)cc(Cl)c2)cc1. The van der Waals surface area contributed by atoms with E-state index in [0.717, 1.165) is 16.8 Å². The lowest BCUT2D eigenvalue weighted by Crippen LogP contribution is -2.02. The Hall–Kier alpha value is -2.49. The number of carboxylic acids is 1. The molecular formula is C19H13Cl2NO2. The van der Waals surface area contributed by atoms with Crippen molar-refractivity contribution in [2.45, 2.75) is 0 Å². The third-order valence-corrected chi connectivity index (χ3v) is 3.95. The quantitative estimate of drug-likeness (QED) is 0.592. The van der Waals surface area contributed by atoms with E-state index in [1.165, 1.54) is 0 Å². The summed E-state index contributed by atoms with van der Waals surface area (Å²) in [5, 5.41) is 13.5. The number of aromatic carboxylic acids is 1. The van der Waals surface area contributed by atoms with Gasteiger partial charge in [0.1, 0.15) is 0 Å². The fraction of sp³-hybridized carbons (Fsp3) is 0. The molecule has 2 N–H and O–H groups in total. The zero-order valence-corrected chi connectivity index (χ0v) is 14.0. The second-order valence-corrected chi connectivity index (χ2v) is 6.08. The molecular weight excluding hydrogens is 345 g/mol. The fourth-order valence-corrected chi connectivity index (χ4v) is 2.93. The molecule has 0 aliphatic heterocycles. The van der Waals surface area contributed by atoms with E-state index in [2.05, 4.69) is 5.32 Å². The van der Waals surface area contributed by atoms with Crippen LogP contribution in [0.5, 0.6) is 0 Å². The average molecular weight is 358 g/mol. The summed E-state index contributed by atoms with van der Waals surface area (Å²) in [7, 11) is 0. The predicted octanol–water partition coefficient (Wildman–Crippen LogP) is 6.10. The maximum atomic E-state index is 11.2. The molecule has 0 atom stereocenters. The normalized spacial score (nSPS) is 10.4. The van der Waals surface area contributed by atoms with Crippen LogP contribution in [0, 0.1) is 0 Å². The van der Waals surface area contributed by atoms with Crippen LogP contribution in [0.1, 0.15) is 10.4 Å². The van der Waals surface area contributed by atoms with Gasteiger partial charge < -0.3 is 10.4 Å². The van der Waals surface area contributed by atoms with Gasteiger partial charge in [0, 0.05) is 15.7 Å². The summed E-state index contributed by atoms with van der Waals surface area (Å²) in [6.07, 6.45) is 0. The maximum Gasteiger partial charge on any atom is 0.337 e. The molecule has 3 aromatic carbocycles. The fourth-order valence-electron chi connectivity index (χ4n) is 2.40. The van der Waals surface area contributed by atoms with Gasteiger partial charge in [-0.05, 0) is 53.6 Å². The Morgan fingerprint density at radius 3 is 2.08 bits per heavy atom. The van der Waals surface area contributed by atoms with Gasteiger partial charge in [0.15, 0.2) is 0 Å². The number of carbonyl (C=O) groups is 1. The number of halogens is 2. The van der Waals surface area contributed by atoms with Crippen molar-refractivity contribution in [1.82, 2.24) is 0 Å². The second-order valence-electron chi connectivity index (χ2n) is 5.21. The van der Waals surface area contributed by atoms with Crippen LogP contribution in [0.3, 0.4) is 0 Å². The standard InChI is InChI=1S/C19H13Cl2NO2/c20-14-9-13(10-15(21)11-14)12-5-7-16(8-6-12)22-18-4-2-1-3-17(18)19(23)24/h1-11,22H,(H,23,24). The van der Waals surface area contributed by atoms with Crippen LogP contribution >= 0.6 is 23.2 Å². The third kappa shape index (κ3) is 3.70. The minimum absolute atomic E-state index is 0.225. The summed E-state index contributed by atoms with van der Waals surface area (Å²) in [6, 6.07) is 19.8. The van der Waals surface area contributed by atoms with Crippen molar-refractivity contribution >= 4 is 40.5 Å². The van der Waals surface area contributed by atoms with Crippen LogP contribution in [0.4, 0.5) is 11.4 Å². The highest BCUT2D eigenvalue weighted by molar-refractivity contribution is 6.35. The molecule has 0 spiro atoms. The van der Waals surface area contributed by atoms with Crippen LogP contribution in [0.2, 0.25) is 10.0 Å². The van der Waals surface area contributed by atoms with E-state index in [4.69, 9.17) is 23.2 Å². The Kier molecular flexibility index (Phi) is 4.74. The number of hydrogen-bond acceptors (Lipinski definition) is 2. The summed E-state index contributed by atoms with van der Waals surface area (Å²) in [4.78, 5) is 11.2. The molecule has 0 fully saturated rings. The van der Waals surface area contributed by atoms with E-state index >= 15 is 0 Å². The van der Waals surface area contributed by atoms with E-state index in [0.29, 0.717) is 15.7 Å². The minimum atomic E-state index is -0.969. The third-order valence-electron chi connectivity index (χ3n) is 3.52. The summed E-state index contributed by atoms with van der Waals surface area (Å²) in [5.74, 6) is -0.969. The van der Waals surface area contributed by atoms with Gasteiger partial charge >= 0.3 is 5.97 Å². The Labute approximate surface area is 149 Å². The molecule has 24 heavy (non-hydrogen) atoms. The summed E-state index contributed by atoms with van der Waals surface area (Å²) in [6.45, 7) is 0. The number of carboxylic acid groups (broad SMARTS) is 1. The summed E-state index contributed by atoms with van der Waals surface area (Å²) >= 11 is 12.1. The molecule has 0 aliphatic rings. The van der Waals surface area contributed by atoms with E-state index in [1.807, 2.05) is 36.4 Å². The maximum absolute atomic E-state index is 11.2. The molecule has 0 bridgehead atoms. The largest absolute Gasteiger partial charge is 0.478 e. The van der Waals surface area contributed by atoms with Crippen molar-refractivity contribution in [3.8, 4) is 11.1 Å². The van der Waals surface area contributed by atoms with Crippen LogP contribution in [-0.4, -0.2) is 11.1 Å². The summed E-state index contributed by atoms with van der Waals surface area (Å²) in [5.41, 5.74) is 3.45. The van der Waals surface area contributed by atoms with E-state index < -0.39 is 5.97 Å². The van der Waals surface area contributed by atoms with Crippen molar-refractivity contribution in [3.63, 3.8) is 0 Å². The second kappa shape index (κ2) is 6.95. The molecule has 0 heterocycles. The molecule has 0 radical (unpaired) electrons. The first kappa shape index (κ1) is 16.4. The Morgan fingerprint density at radius 1 is 0.833 bits per heavy atom. The van der Waals surface area contributed by atoms with Gasteiger partial charge in [-0.1, -0.05) is 47.5 Å². The lowest BCUT2D eigenvalue weighted by Gasteiger charge is -2.10. The first-order valence-electron chi connectivity index (χ1n) is 7.19. The first-order valence-corrected chi connectivity index (χ1v) is 7.94. The molecule has 0 amide bonds. The predicted molar refractivity (Wildman–Crippen MR) is 98.6 cm³/mol. The van der Waals surface area contributed by atoms with Crippen molar-refractivity contribution in [2.24, 2.45) is 0 Å². The zero-order valence-electron chi connectivity index (χ0n) is 12.5. The van der Waals surface area contributed by atoms with E-state index in [9.17, 15) is 9.90 Å². The Balaban J connectivity index is 1.86. The van der Waals surface area contributed by atoms with E-state index in [-0.39, 0.29) is 5.56 Å². The number of hydrogen-bond donors (Lipinski definition) is 2. The highest BCUT2D eigenvalue weighted by Gasteiger charge is 2.09. The minimum Gasteiger partial charge on any atom is -0.478 e. The van der Waals surface area contributed by atoms with Crippen LogP contribution in [-0.2, 0) is 0 Å². The van der Waals surface area contributed by atoms with Crippen LogP contribution < -0.4 is 5.32 Å². The molecule has 3 aromatic rings. The van der Waals surface area contributed by atoms with Crippen molar-refractivity contribution in [2.75, 3.05) is 5.32 Å². The van der Waals surface area contributed by atoms with Crippen molar-refractivity contribution in [1.29, 1.82) is 0 Å². The monoisotopic (exact) mass is 357 g/mol. The van der Waals surface area contributed by atoms with Gasteiger partial charge in [-0.25, -0.2) is 4.79 Å².